The summed E-state index contributed by atoms with van der Waals surface area (Å²) in [5.74, 6) is 0. The van der Waals surface area contributed by atoms with Gasteiger partial charge in [-0.15, -0.1) is 0 Å². The Morgan fingerprint density at radius 1 is 1.33 bits per heavy atom. The summed E-state index contributed by atoms with van der Waals surface area (Å²) in [5.41, 5.74) is -0.216. The fourth-order valence-electron chi connectivity index (χ4n) is 3.00. The number of hydrogen-bond acceptors (Lipinski definition) is 3. The van der Waals surface area contributed by atoms with E-state index in [9.17, 15) is 9.59 Å². The molecule has 1 unspecified atom stereocenters. The predicted molar refractivity (Wildman–Crippen MR) is 84.2 cm³/mol. The third-order valence-corrected chi connectivity index (χ3v) is 4.52. The van der Waals surface area contributed by atoms with E-state index in [-0.39, 0.29) is 17.3 Å². The molecule has 0 aliphatic carbocycles. The number of hydrogen-bond donors (Lipinski definition) is 1. The van der Waals surface area contributed by atoms with E-state index in [1.807, 2.05) is 0 Å². The van der Waals surface area contributed by atoms with Crippen molar-refractivity contribution in [3.05, 3.63) is 44.1 Å². The van der Waals surface area contributed by atoms with Gasteiger partial charge in [-0.05, 0) is 32.4 Å². The summed E-state index contributed by atoms with van der Waals surface area (Å²) in [7, 11) is 0. The Labute approximate surface area is 127 Å². The molecule has 0 bridgehead atoms. The van der Waals surface area contributed by atoms with Crippen LogP contribution in [0.4, 0.5) is 0 Å². The molecule has 5 nitrogen and oxygen atoms in total. The summed E-state index contributed by atoms with van der Waals surface area (Å²) in [6.07, 6.45) is 0.813. The number of fused-ring (bicyclic) bond motifs is 1. The number of nitrogens with one attached hydrogen (secondary N) is 1. The third-order valence-electron chi connectivity index (χ3n) is 4.20. The maximum absolute atomic E-state index is 12.6. The smallest absolute Gasteiger partial charge is 0.305 e. The molecule has 0 spiro atoms. The predicted octanol–water partition coefficient (Wildman–Crippen LogP) is 2.00. The van der Waals surface area contributed by atoms with Crippen LogP contribution < -0.4 is 11.2 Å². The zero-order valence-corrected chi connectivity index (χ0v) is 12.9. The molecule has 1 aromatic heterocycles. The minimum atomic E-state index is -0.379. The maximum Gasteiger partial charge on any atom is 0.329 e. The first kappa shape index (κ1) is 14.4. The van der Waals surface area contributed by atoms with Crippen LogP contribution in [-0.2, 0) is 0 Å². The summed E-state index contributed by atoms with van der Waals surface area (Å²) in [6, 6.07) is 5.43. The lowest BCUT2D eigenvalue weighted by Gasteiger charge is -2.20. The largest absolute Gasteiger partial charge is 0.329 e. The molecule has 3 rings (SSSR count). The highest BCUT2D eigenvalue weighted by molar-refractivity contribution is 6.34. The first-order chi connectivity index (χ1) is 9.99. The van der Waals surface area contributed by atoms with E-state index in [2.05, 4.69) is 23.7 Å². The Morgan fingerprint density at radius 3 is 2.76 bits per heavy atom. The summed E-state index contributed by atoms with van der Waals surface area (Å²) >= 11 is 6.05. The Morgan fingerprint density at radius 2 is 2.10 bits per heavy atom. The average Bonchev–Trinajstić information content (AvgIpc) is 2.90. The quantitative estimate of drug-likeness (QED) is 0.923. The van der Waals surface area contributed by atoms with Gasteiger partial charge in [0.15, 0.2) is 0 Å². The number of nitrogens with zero attached hydrogens (tertiary/aromatic N) is 2. The molecule has 0 amide bonds. The highest BCUT2D eigenvalue weighted by atomic mass is 35.5. The van der Waals surface area contributed by atoms with Gasteiger partial charge in [-0.3, -0.25) is 14.3 Å². The van der Waals surface area contributed by atoms with Gasteiger partial charge in [-0.1, -0.05) is 17.7 Å². The summed E-state index contributed by atoms with van der Waals surface area (Å²) in [5, 5.41) is 0.856. The lowest BCUT2D eigenvalue weighted by Crippen LogP contribution is -2.39. The second kappa shape index (κ2) is 5.31. The van der Waals surface area contributed by atoms with E-state index in [1.165, 1.54) is 4.57 Å². The SMILES string of the molecule is CC(C)N1CCC(n2c(=O)[nH]c3c(Cl)cccc3c2=O)C1. The molecule has 1 atom stereocenters. The second-order valence-corrected chi connectivity index (χ2v) is 6.21. The van der Waals surface area contributed by atoms with Gasteiger partial charge < -0.3 is 4.98 Å². The van der Waals surface area contributed by atoms with Crippen molar-refractivity contribution < 1.29 is 0 Å². The van der Waals surface area contributed by atoms with Gasteiger partial charge in [0.05, 0.1) is 22.0 Å². The average molecular weight is 308 g/mol. The molecule has 1 saturated heterocycles. The van der Waals surface area contributed by atoms with Gasteiger partial charge in [0, 0.05) is 19.1 Å². The standard InChI is InChI=1S/C15H18ClN3O2/c1-9(2)18-7-6-10(8-18)19-14(20)11-4-3-5-12(16)13(11)17-15(19)21/h3-5,9-10H,6-8H2,1-2H3,(H,17,21). The number of halogens is 1. The zero-order chi connectivity index (χ0) is 15.1. The maximum atomic E-state index is 12.6. The van der Waals surface area contributed by atoms with E-state index in [0.717, 1.165) is 19.5 Å². The second-order valence-electron chi connectivity index (χ2n) is 5.80. The zero-order valence-electron chi connectivity index (χ0n) is 12.1. The van der Waals surface area contributed by atoms with Gasteiger partial charge in [0.1, 0.15) is 0 Å². The topological polar surface area (TPSA) is 58.1 Å². The lowest BCUT2D eigenvalue weighted by molar-refractivity contribution is 0.263. The lowest BCUT2D eigenvalue weighted by atomic mass is 10.2. The molecule has 2 aromatic rings. The van der Waals surface area contributed by atoms with Crippen molar-refractivity contribution >= 4 is 22.5 Å². The van der Waals surface area contributed by atoms with Gasteiger partial charge >= 0.3 is 5.69 Å². The number of benzene rings is 1. The fraction of sp³-hybridized carbons (Fsp3) is 0.467. The van der Waals surface area contributed by atoms with E-state index in [4.69, 9.17) is 11.6 Å². The Bertz CT molecular complexity index is 794. The van der Waals surface area contributed by atoms with E-state index < -0.39 is 0 Å². The van der Waals surface area contributed by atoms with Crippen LogP contribution >= 0.6 is 11.6 Å². The van der Waals surface area contributed by atoms with Gasteiger partial charge in [-0.25, -0.2) is 4.79 Å². The molecule has 1 aliphatic heterocycles. The van der Waals surface area contributed by atoms with Crippen molar-refractivity contribution in [1.82, 2.24) is 14.5 Å². The summed E-state index contributed by atoms with van der Waals surface area (Å²) in [4.78, 5) is 30.0. The highest BCUT2D eigenvalue weighted by Crippen LogP contribution is 2.22. The van der Waals surface area contributed by atoms with Crippen LogP contribution in [0.1, 0.15) is 26.3 Å². The molecule has 1 fully saturated rings. The molecule has 0 radical (unpaired) electrons. The molecule has 1 aliphatic rings. The van der Waals surface area contributed by atoms with Crippen molar-refractivity contribution in [1.29, 1.82) is 0 Å². The number of aromatic amines is 1. The molecular weight excluding hydrogens is 290 g/mol. The van der Waals surface area contributed by atoms with Crippen molar-refractivity contribution in [2.75, 3.05) is 13.1 Å². The molecule has 112 valence electrons. The Kier molecular flexibility index (Phi) is 3.63. The number of H-pyrrole nitrogens is 1. The normalized spacial score (nSPS) is 19.7. The van der Waals surface area contributed by atoms with Crippen molar-refractivity contribution in [3.63, 3.8) is 0 Å². The van der Waals surface area contributed by atoms with E-state index in [0.29, 0.717) is 22.0 Å². The number of aromatic nitrogens is 2. The van der Waals surface area contributed by atoms with Crippen LogP contribution in [0.5, 0.6) is 0 Å². The Balaban J connectivity index is 2.13. The molecular formula is C15H18ClN3O2. The van der Waals surface area contributed by atoms with Gasteiger partial charge in [0.2, 0.25) is 0 Å². The molecule has 1 aromatic carbocycles. The van der Waals surface area contributed by atoms with Crippen molar-refractivity contribution in [3.8, 4) is 0 Å². The number of para-hydroxylation sites is 1. The number of likely N-dealkylation sites (tertiary alicyclic amines) is 1. The summed E-state index contributed by atoms with van der Waals surface area (Å²) < 4.78 is 1.35. The minimum Gasteiger partial charge on any atom is -0.305 e. The van der Waals surface area contributed by atoms with Crippen LogP contribution in [0.2, 0.25) is 5.02 Å². The fourth-order valence-corrected chi connectivity index (χ4v) is 3.22. The van der Waals surface area contributed by atoms with E-state index >= 15 is 0 Å². The first-order valence-electron chi connectivity index (χ1n) is 7.16. The molecule has 6 heteroatoms. The molecule has 2 heterocycles. The van der Waals surface area contributed by atoms with Crippen LogP contribution in [-0.4, -0.2) is 33.6 Å². The van der Waals surface area contributed by atoms with Crippen LogP contribution in [0.25, 0.3) is 10.9 Å². The molecule has 1 N–H and O–H groups in total. The van der Waals surface area contributed by atoms with Crippen LogP contribution in [0, 0.1) is 0 Å². The summed E-state index contributed by atoms with van der Waals surface area (Å²) in [6.45, 7) is 5.87. The molecule has 21 heavy (non-hydrogen) atoms. The third kappa shape index (κ3) is 2.40. The van der Waals surface area contributed by atoms with E-state index in [1.54, 1.807) is 18.2 Å². The highest BCUT2D eigenvalue weighted by Gasteiger charge is 2.28. The number of rotatable bonds is 2. The minimum absolute atomic E-state index is 0.0768. The molecule has 0 saturated carbocycles. The Hall–Kier alpha value is -1.59. The van der Waals surface area contributed by atoms with Crippen molar-refractivity contribution in [2.24, 2.45) is 0 Å². The van der Waals surface area contributed by atoms with Gasteiger partial charge in [-0.2, -0.15) is 0 Å². The van der Waals surface area contributed by atoms with Gasteiger partial charge in [0.25, 0.3) is 5.56 Å². The monoisotopic (exact) mass is 307 g/mol. The van der Waals surface area contributed by atoms with Crippen LogP contribution in [0.15, 0.2) is 27.8 Å². The van der Waals surface area contributed by atoms with Crippen LogP contribution in [0.3, 0.4) is 0 Å². The first-order valence-corrected chi connectivity index (χ1v) is 7.54. The van der Waals surface area contributed by atoms with Crippen molar-refractivity contribution in [2.45, 2.75) is 32.4 Å².